The van der Waals surface area contributed by atoms with Crippen molar-refractivity contribution >= 4 is 16.9 Å². The third-order valence-electron chi connectivity index (χ3n) is 4.75. The number of aromatic amines is 1. The number of esters is 1. The third-order valence-corrected chi connectivity index (χ3v) is 4.75. The molecule has 30 heavy (non-hydrogen) atoms. The van der Waals surface area contributed by atoms with Crippen LogP contribution in [0.3, 0.4) is 0 Å². The van der Waals surface area contributed by atoms with Crippen LogP contribution in [0.15, 0.2) is 40.9 Å². The van der Waals surface area contributed by atoms with E-state index in [0.717, 1.165) is 22.0 Å². The van der Waals surface area contributed by atoms with Crippen molar-refractivity contribution in [2.75, 3.05) is 14.2 Å². The molecule has 0 saturated heterocycles. The molecular formula is C22H21N3O5. The number of benzene rings is 2. The molecule has 154 valence electrons. The Morgan fingerprint density at radius 3 is 2.70 bits per heavy atom. The second kappa shape index (κ2) is 7.90. The van der Waals surface area contributed by atoms with Gasteiger partial charge in [0.25, 0.3) is 5.89 Å². The highest BCUT2D eigenvalue weighted by molar-refractivity contribution is 5.96. The lowest BCUT2D eigenvalue weighted by Crippen LogP contribution is -2.05. The first-order chi connectivity index (χ1) is 14.5. The first-order valence-corrected chi connectivity index (χ1v) is 9.30. The number of hydrogen-bond acceptors (Lipinski definition) is 7. The summed E-state index contributed by atoms with van der Waals surface area (Å²) in [4.78, 5) is 19.8. The zero-order valence-electron chi connectivity index (χ0n) is 17.1. The van der Waals surface area contributed by atoms with E-state index in [1.807, 2.05) is 19.9 Å². The van der Waals surface area contributed by atoms with E-state index in [1.165, 1.54) is 0 Å². The fraction of sp³-hybridized carbons (Fsp3) is 0.227. The SMILES string of the molecule is COc1ccc(-c2noc(COC(=O)c3cc4c(C)cc(C)cc4[nH]3)n2)c(OC)c1. The van der Waals surface area contributed by atoms with Gasteiger partial charge in [-0.2, -0.15) is 4.98 Å². The summed E-state index contributed by atoms with van der Waals surface area (Å²) in [5, 5.41) is 4.94. The molecule has 4 rings (SSSR count). The Hall–Kier alpha value is -3.81. The van der Waals surface area contributed by atoms with E-state index in [0.29, 0.717) is 28.6 Å². The van der Waals surface area contributed by atoms with Crippen LogP contribution in [0.2, 0.25) is 0 Å². The first kappa shape index (κ1) is 19.5. The summed E-state index contributed by atoms with van der Waals surface area (Å²) >= 11 is 0. The van der Waals surface area contributed by atoms with Crippen molar-refractivity contribution in [1.82, 2.24) is 15.1 Å². The molecule has 0 radical (unpaired) electrons. The summed E-state index contributed by atoms with van der Waals surface area (Å²) in [6.45, 7) is 3.87. The Morgan fingerprint density at radius 2 is 1.93 bits per heavy atom. The van der Waals surface area contributed by atoms with Gasteiger partial charge >= 0.3 is 5.97 Å². The number of fused-ring (bicyclic) bond motifs is 1. The van der Waals surface area contributed by atoms with Crippen LogP contribution in [-0.4, -0.2) is 35.3 Å². The molecular weight excluding hydrogens is 386 g/mol. The van der Waals surface area contributed by atoms with Crippen LogP contribution in [0.1, 0.15) is 27.5 Å². The van der Waals surface area contributed by atoms with Gasteiger partial charge in [-0.15, -0.1) is 0 Å². The van der Waals surface area contributed by atoms with Crippen molar-refractivity contribution in [3.8, 4) is 22.9 Å². The highest BCUT2D eigenvalue weighted by Gasteiger charge is 2.17. The molecule has 0 spiro atoms. The Bertz CT molecular complexity index is 1220. The number of nitrogens with zero attached hydrogens (tertiary/aromatic N) is 2. The Balaban J connectivity index is 1.48. The van der Waals surface area contributed by atoms with Gasteiger partial charge in [-0.3, -0.25) is 0 Å². The molecule has 2 heterocycles. The van der Waals surface area contributed by atoms with Gasteiger partial charge in [0.1, 0.15) is 17.2 Å². The number of H-pyrrole nitrogens is 1. The maximum Gasteiger partial charge on any atom is 0.355 e. The summed E-state index contributed by atoms with van der Waals surface area (Å²) < 4.78 is 21.1. The van der Waals surface area contributed by atoms with Gasteiger partial charge in [-0.25, -0.2) is 4.79 Å². The lowest BCUT2D eigenvalue weighted by molar-refractivity contribution is 0.0424. The van der Waals surface area contributed by atoms with E-state index in [2.05, 4.69) is 21.2 Å². The summed E-state index contributed by atoms with van der Waals surface area (Å²) in [7, 11) is 3.12. The molecule has 8 heteroatoms. The summed E-state index contributed by atoms with van der Waals surface area (Å²) in [5.74, 6) is 1.21. The molecule has 0 fully saturated rings. The third kappa shape index (κ3) is 3.71. The highest BCUT2D eigenvalue weighted by Crippen LogP contribution is 2.31. The molecule has 2 aromatic carbocycles. The quantitative estimate of drug-likeness (QED) is 0.478. The summed E-state index contributed by atoms with van der Waals surface area (Å²) in [5.41, 5.74) is 4.12. The second-order valence-corrected chi connectivity index (χ2v) is 6.88. The Labute approximate surface area is 172 Å². The molecule has 0 saturated carbocycles. The van der Waals surface area contributed by atoms with E-state index >= 15 is 0 Å². The lowest BCUT2D eigenvalue weighted by Gasteiger charge is -2.07. The van der Waals surface area contributed by atoms with Crippen LogP contribution in [-0.2, 0) is 11.3 Å². The van der Waals surface area contributed by atoms with E-state index < -0.39 is 5.97 Å². The normalized spacial score (nSPS) is 10.9. The molecule has 0 amide bonds. The maximum atomic E-state index is 12.5. The fourth-order valence-corrected chi connectivity index (χ4v) is 3.32. The number of aromatic nitrogens is 3. The van der Waals surface area contributed by atoms with Crippen LogP contribution in [0.25, 0.3) is 22.3 Å². The molecule has 8 nitrogen and oxygen atoms in total. The standard InChI is InChI=1S/C22H21N3O5/c1-12-7-13(2)16-10-18(23-17(16)8-12)22(26)29-11-20-24-21(25-30-20)15-6-5-14(27-3)9-19(15)28-4/h5-10,23H,11H2,1-4H3. The van der Waals surface area contributed by atoms with Crippen molar-refractivity contribution in [3.63, 3.8) is 0 Å². The summed E-state index contributed by atoms with van der Waals surface area (Å²) in [6, 6.07) is 11.1. The zero-order chi connectivity index (χ0) is 21.3. The average molecular weight is 407 g/mol. The van der Waals surface area contributed by atoms with Gasteiger partial charge in [0.05, 0.1) is 19.8 Å². The monoisotopic (exact) mass is 407 g/mol. The molecule has 0 aliphatic heterocycles. The Morgan fingerprint density at radius 1 is 1.10 bits per heavy atom. The van der Waals surface area contributed by atoms with Crippen LogP contribution in [0.5, 0.6) is 11.5 Å². The van der Waals surface area contributed by atoms with Gasteiger partial charge in [0.15, 0.2) is 6.61 Å². The minimum absolute atomic E-state index is 0.141. The summed E-state index contributed by atoms with van der Waals surface area (Å²) in [6.07, 6.45) is 0. The van der Waals surface area contributed by atoms with Gasteiger partial charge < -0.3 is 23.7 Å². The van der Waals surface area contributed by atoms with Crippen LogP contribution in [0, 0.1) is 13.8 Å². The molecule has 0 aliphatic carbocycles. The van der Waals surface area contributed by atoms with Crippen molar-refractivity contribution in [1.29, 1.82) is 0 Å². The second-order valence-electron chi connectivity index (χ2n) is 6.88. The lowest BCUT2D eigenvalue weighted by atomic mass is 10.1. The van der Waals surface area contributed by atoms with E-state index in [4.69, 9.17) is 18.7 Å². The van der Waals surface area contributed by atoms with E-state index in [9.17, 15) is 4.79 Å². The van der Waals surface area contributed by atoms with Crippen LogP contribution in [0.4, 0.5) is 0 Å². The number of rotatable bonds is 6. The number of hydrogen-bond donors (Lipinski definition) is 1. The molecule has 0 atom stereocenters. The number of aryl methyl sites for hydroxylation is 2. The minimum Gasteiger partial charge on any atom is -0.497 e. The number of carbonyl (C=O) groups excluding carboxylic acids is 1. The molecule has 4 aromatic rings. The van der Waals surface area contributed by atoms with Gasteiger partial charge in [0.2, 0.25) is 5.82 Å². The van der Waals surface area contributed by atoms with Crippen LogP contribution < -0.4 is 9.47 Å². The van der Waals surface area contributed by atoms with Gasteiger partial charge in [-0.1, -0.05) is 11.2 Å². The number of carbonyl (C=O) groups is 1. The number of ether oxygens (including phenoxy) is 3. The highest BCUT2D eigenvalue weighted by atomic mass is 16.6. The molecule has 0 aliphatic rings. The number of nitrogens with one attached hydrogen (secondary N) is 1. The number of methoxy groups -OCH3 is 2. The van der Waals surface area contributed by atoms with Crippen molar-refractivity contribution < 1.29 is 23.5 Å². The average Bonchev–Trinajstić information content (AvgIpc) is 3.38. The van der Waals surface area contributed by atoms with E-state index in [1.54, 1.807) is 38.5 Å². The van der Waals surface area contributed by atoms with Gasteiger partial charge in [-0.05, 0) is 49.2 Å². The Kier molecular flexibility index (Phi) is 5.14. The molecule has 0 unspecified atom stereocenters. The first-order valence-electron chi connectivity index (χ1n) is 9.30. The fourth-order valence-electron chi connectivity index (χ4n) is 3.32. The van der Waals surface area contributed by atoms with Gasteiger partial charge in [0, 0.05) is 17.0 Å². The van der Waals surface area contributed by atoms with Crippen molar-refractivity contribution in [2.24, 2.45) is 0 Å². The predicted octanol–water partition coefficient (Wildman–Crippen LogP) is 4.21. The topological polar surface area (TPSA) is 99.5 Å². The zero-order valence-corrected chi connectivity index (χ0v) is 17.1. The smallest absolute Gasteiger partial charge is 0.355 e. The molecule has 2 aromatic heterocycles. The molecule has 1 N–H and O–H groups in total. The van der Waals surface area contributed by atoms with Crippen molar-refractivity contribution in [3.05, 3.63) is 59.1 Å². The largest absolute Gasteiger partial charge is 0.497 e. The predicted molar refractivity (Wildman–Crippen MR) is 110 cm³/mol. The van der Waals surface area contributed by atoms with Crippen LogP contribution >= 0.6 is 0 Å². The maximum absolute atomic E-state index is 12.5. The van der Waals surface area contributed by atoms with E-state index in [-0.39, 0.29) is 12.5 Å². The minimum atomic E-state index is -0.495. The van der Waals surface area contributed by atoms with Crippen molar-refractivity contribution in [2.45, 2.75) is 20.5 Å². The molecule has 0 bridgehead atoms.